The van der Waals surface area contributed by atoms with Gasteiger partial charge in [0.15, 0.2) is 15.8 Å². The van der Waals surface area contributed by atoms with Gasteiger partial charge in [-0.2, -0.15) is 0 Å². The average molecular weight is 334 g/mol. The standard InChI is InChI=1S/C16H35N3O2S/c1-8-17-15(18-12-16(5,6)22(7,20)21)19-14(4)11-9-10-13(2)3/h13-14H,8-12H2,1-7H3,(H2,17,18,19). The van der Waals surface area contributed by atoms with Gasteiger partial charge in [-0.1, -0.05) is 26.7 Å². The lowest BCUT2D eigenvalue weighted by molar-refractivity contribution is 0.491. The molecule has 6 heteroatoms. The van der Waals surface area contributed by atoms with Crippen molar-refractivity contribution >= 4 is 15.8 Å². The summed E-state index contributed by atoms with van der Waals surface area (Å²) in [6.07, 6.45) is 4.75. The van der Waals surface area contributed by atoms with E-state index in [0.29, 0.717) is 12.0 Å². The van der Waals surface area contributed by atoms with Crippen molar-refractivity contribution in [2.75, 3.05) is 19.3 Å². The maximum atomic E-state index is 11.7. The first kappa shape index (κ1) is 21.2. The molecule has 0 spiro atoms. The molecule has 0 aromatic carbocycles. The third kappa shape index (κ3) is 8.61. The molecule has 0 radical (unpaired) electrons. The van der Waals surface area contributed by atoms with E-state index in [9.17, 15) is 8.42 Å². The van der Waals surface area contributed by atoms with E-state index in [2.05, 4.69) is 36.4 Å². The molecule has 2 N–H and O–H groups in total. The number of nitrogens with zero attached hydrogens (tertiary/aromatic N) is 1. The fourth-order valence-corrected chi connectivity index (χ4v) is 2.14. The molecule has 1 unspecified atom stereocenters. The van der Waals surface area contributed by atoms with E-state index < -0.39 is 14.6 Å². The lowest BCUT2D eigenvalue weighted by Crippen LogP contribution is -2.44. The number of sulfone groups is 1. The third-order valence-electron chi connectivity index (χ3n) is 3.77. The second kappa shape index (κ2) is 9.38. The van der Waals surface area contributed by atoms with Gasteiger partial charge in [-0.3, -0.25) is 4.99 Å². The number of guanidine groups is 1. The Labute approximate surface area is 137 Å². The van der Waals surface area contributed by atoms with Gasteiger partial charge in [0, 0.05) is 18.8 Å². The van der Waals surface area contributed by atoms with Crippen molar-refractivity contribution in [1.82, 2.24) is 10.6 Å². The van der Waals surface area contributed by atoms with Crippen LogP contribution < -0.4 is 10.6 Å². The molecule has 22 heavy (non-hydrogen) atoms. The van der Waals surface area contributed by atoms with E-state index >= 15 is 0 Å². The van der Waals surface area contributed by atoms with E-state index in [1.807, 2.05) is 6.92 Å². The molecule has 0 rings (SSSR count). The molecule has 1 atom stereocenters. The minimum atomic E-state index is -3.13. The Bertz CT molecular complexity index is 442. The minimum absolute atomic E-state index is 0.250. The number of hydrogen-bond donors (Lipinski definition) is 2. The first-order valence-corrected chi connectivity index (χ1v) is 10.1. The molecule has 0 heterocycles. The topological polar surface area (TPSA) is 70.6 Å². The highest BCUT2D eigenvalue weighted by molar-refractivity contribution is 7.92. The Morgan fingerprint density at radius 3 is 2.23 bits per heavy atom. The molecule has 5 nitrogen and oxygen atoms in total. The van der Waals surface area contributed by atoms with Gasteiger partial charge in [-0.05, 0) is 40.0 Å². The van der Waals surface area contributed by atoms with Crippen molar-refractivity contribution in [2.24, 2.45) is 10.9 Å². The van der Waals surface area contributed by atoms with Crippen LogP contribution in [-0.4, -0.2) is 44.5 Å². The highest BCUT2D eigenvalue weighted by atomic mass is 32.2. The monoisotopic (exact) mass is 333 g/mol. The lowest BCUT2D eigenvalue weighted by Gasteiger charge is -2.22. The van der Waals surface area contributed by atoms with Crippen LogP contribution in [0.25, 0.3) is 0 Å². The van der Waals surface area contributed by atoms with Gasteiger partial charge in [0.25, 0.3) is 0 Å². The van der Waals surface area contributed by atoms with Crippen LogP contribution in [0.4, 0.5) is 0 Å². The van der Waals surface area contributed by atoms with Crippen LogP contribution in [0.1, 0.15) is 60.8 Å². The number of rotatable bonds is 9. The first-order chi connectivity index (χ1) is 9.99. The van der Waals surface area contributed by atoms with Crippen molar-refractivity contribution in [1.29, 1.82) is 0 Å². The van der Waals surface area contributed by atoms with Crippen molar-refractivity contribution < 1.29 is 8.42 Å². The summed E-state index contributed by atoms with van der Waals surface area (Å²) < 4.78 is 22.6. The molecule has 0 aromatic rings. The molecule has 0 aromatic heterocycles. The molecule has 0 bridgehead atoms. The Morgan fingerprint density at radius 2 is 1.77 bits per heavy atom. The maximum absolute atomic E-state index is 11.7. The van der Waals surface area contributed by atoms with Crippen LogP contribution in [0, 0.1) is 5.92 Å². The summed E-state index contributed by atoms with van der Waals surface area (Å²) >= 11 is 0. The number of hydrogen-bond acceptors (Lipinski definition) is 3. The zero-order chi connectivity index (χ0) is 17.4. The minimum Gasteiger partial charge on any atom is -0.357 e. The summed E-state index contributed by atoms with van der Waals surface area (Å²) in [4.78, 5) is 4.45. The molecule has 0 aliphatic rings. The lowest BCUT2D eigenvalue weighted by atomic mass is 10.0. The number of nitrogens with one attached hydrogen (secondary N) is 2. The van der Waals surface area contributed by atoms with Crippen molar-refractivity contribution in [3.8, 4) is 0 Å². The van der Waals surface area contributed by atoms with Crippen molar-refractivity contribution in [2.45, 2.75) is 71.6 Å². The van der Waals surface area contributed by atoms with Gasteiger partial charge in [-0.15, -0.1) is 0 Å². The summed E-state index contributed by atoms with van der Waals surface area (Å²) in [6, 6.07) is 0.317. The smallest absolute Gasteiger partial charge is 0.191 e. The Kier molecular flexibility index (Phi) is 9.05. The first-order valence-electron chi connectivity index (χ1n) is 8.24. The van der Waals surface area contributed by atoms with E-state index in [1.165, 1.54) is 19.1 Å². The Morgan fingerprint density at radius 1 is 1.18 bits per heavy atom. The summed E-state index contributed by atoms with van der Waals surface area (Å²) in [5, 5.41) is 6.54. The van der Waals surface area contributed by atoms with E-state index in [0.717, 1.165) is 18.9 Å². The van der Waals surface area contributed by atoms with Gasteiger partial charge < -0.3 is 10.6 Å². The molecule has 0 aliphatic heterocycles. The fraction of sp³-hybridized carbons (Fsp3) is 0.938. The Balaban J connectivity index is 4.62. The van der Waals surface area contributed by atoms with Gasteiger partial charge in [0.1, 0.15) is 0 Å². The van der Waals surface area contributed by atoms with Crippen LogP contribution in [0.2, 0.25) is 0 Å². The van der Waals surface area contributed by atoms with Gasteiger partial charge >= 0.3 is 0 Å². The van der Waals surface area contributed by atoms with Crippen LogP contribution >= 0.6 is 0 Å². The van der Waals surface area contributed by atoms with Crippen molar-refractivity contribution in [3.05, 3.63) is 0 Å². The van der Waals surface area contributed by atoms with Gasteiger partial charge in [0.2, 0.25) is 0 Å². The zero-order valence-corrected chi connectivity index (χ0v) is 16.2. The fourth-order valence-electron chi connectivity index (χ4n) is 1.84. The third-order valence-corrected chi connectivity index (χ3v) is 5.90. The second-order valence-corrected chi connectivity index (χ2v) is 9.75. The van der Waals surface area contributed by atoms with Crippen LogP contribution in [0.15, 0.2) is 4.99 Å². The largest absolute Gasteiger partial charge is 0.357 e. The van der Waals surface area contributed by atoms with Gasteiger partial charge in [-0.25, -0.2) is 8.42 Å². The zero-order valence-electron chi connectivity index (χ0n) is 15.4. The summed E-state index contributed by atoms with van der Waals surface area (Å²) in [5.74, 6) is 1.42. The maximum Gasteiger partial charge on any atom is 0.191 e. The summed E-state index contributed by atoms with van der Waals surface area (Å²) in [5.41, 5.74) is 0. The highest BCUT2D eigenvalue weighted by Gasteiger charge is 2.30. The molecule has 0 aliphatic carbocycles. The molecular weight excluding hydrogens is 298 g/mol. The molecule has 0 saturated heterocycles. The SMILES string of the molecule is CCNC(=NCC(C)(C)S(C)(=O)=O)NC(C)CCCC(C)C. The number of aliphatic imine (C=N–C) groups is 1. The molecular formula is C16H35N3O2S. The average Bonchev–Trinajstić information content (AvgIpc) is 2.34. The second-order valence-electron chi connectivity index (χ2n) is 7.10. The predicted octanol–water partition coefficient (Wildman–Crippen LogP) is 2.58. The van der Waals surface area contributed by atoms with E-state index in [4.69, 9.17) is 0 Å². The van der Waals surface area contributed by atoms with Gasteiger partial charge in [0.05, 0.1) is 11.3 Å². The summed E-state index contributed by atoms with van der Waals surface area (Å²) in [6.45, 7) is 13.0. The molecule has 0 amide bonds. The van der Waals surface area contributed by atoms with Crippen LogP contribution in [0.5, 0.6) is 0 Å². The molecule has 132 valence electrons. The van der Waals surface area contributed by atoms with E-state index in [-0.39, 0.29) is 6.54 Å². The normalized spacial score (nSPS) is 15.0. The molecule has 0 fully saturated rings. The van der Waals surface area contributed by atoms with E-state index in [1.54, 1.807) is 13.8 Å². The molecule has 0 saturated carbocycles. The van der Waals surface area contributed by atoms with Crippen molar-refractivity contribution in [3.63, 3.8) is 0 Å². The predicted molar refractivity (Wildman–Crippen MR) is 96.2 cm³/mol. The highest BCUT2D eigenvalue weighted by Crippen LogP contribution is 2.15. The summed E-state index contributed by atoms with van der Waals surface area (Å²) in [7, 11) is -3.13. The Hall–Kier alpha value is -0.780. The van der Waals surface area contributed by atoms with Crippen LogP contribution in [-0.2, 0) is 9.84 Å². The quantitative estimate of drug-likeness (QED) is 0.502. The van der Waals surface area contributed by atoms with Crippen LogP contribution in [0.3, 0.4) is 0 Å².